The molecule has 3 rings (SSSR count). The van der Waals surface area contributed by atoms with Gasteiger partial charge in [0.15, 0.2) is 5.58 Å². The number of nitrogens with zero attached hydrogens (tertiary/aromatic N) is 1. The Kier molecular flexibility index (Phi) is 5.94. The van der Waals surface area contributed by atoms with Crippen LogP contribution in [0, 0.1) is 0 Å². The lowest BCUT2D eigenvalue weighted by Gasteiger charge is -2.21. The van der Waals surface area contributed by atoms with E-state index in [0.717, 1.165) is 20.7 Å². The van der Waals surface area contributed by atoms with Crippen molar-refractivity contribution in [1.29, 1.82) is 0 Å². The van der Waals surface area contributed by atoms with Crippen molar-refractivity contribution in [3.8, 4) is 0 Å². The van der Waals surface area contributed by atoms with Gasteiger partial charge in [0.1, 0.15) is 0 Å². The number of fused-ring (bicyclic) bond motifs is 1. The Morgan fingerprint density at radius 3 is 2.38 bits per heavy atom. The minimum absolute atomic E-state index is 0.0860. The summed E-state index contributed by atoms with van der Waals surface area (Å²) >= 11 is 1.55. The number of rotatable bonds is 4. The largest absolute Gasteiger partial charge is 0.421 e. The highest BCUT2D eigenvalue weighted by Crippen LogP contribution is 2.37. The second-order valence-corrected chi connectivity index (χ2v) is 8.88. The van der Waals surface area contributed by atoms with Crippen LogP contribution in [0.15, 0.2) is 72.7 Å². The van der Waals surface area contributed by atoms with Crippen LogP contribution in [0.5, 0.6) is 0 Å². The number of hydrogen-bond acceptors (Lipinski definition) is 6. The van der Waals surface area contributed by atoms with Crippen molar-refractivity contribution in [2.45, 2.75) is 49.8 Å². The van der Waals surface area contributed by atoms with Crippen molar-refractivity contribution in [2.75, 3.05) is 0 Å². The Hall–Kier alpha value is -2.86. The molecule has 0 aliphatic rings. The summed E-state index contributed by atoms with van der Waals surface area (Å²) in [7, 11) is 0. The van der Waals surface area contributed by atoms with Crippen molar-refractivity contribution in [3.05, 3.63) is 70.1 Å². The molecule has 0 fully saturated rings. The molecule has 1 heterocycles. The van der Waals surface area contributed by atoms with E-state index in [0.29, 0.717) is 5.58 Å². The third-order valence-corrected chi connectivity index (χ3v) is 5.37. The molecule has 0 aliphatic heterocycles. The van der Waals surface area contributed by atoms with E-state index in [1.54, 1.807) is 24.8 Å². The lowest BCUT2D eigenvalue weighted by molar-refractivity contribution is -0.140. The molecule has 0 bridgehead atoms. The topological polar surface area (TPSA) is 68.9 Å². The lowest BCUT2D eigenvalue weighted by Crippen LogP contribution is -2.14. The molecule has 3 aromatic rings. The summed E-state index contributed by atoms with van der Waals surface area (Å²) in [5.41, 5.74) is 1.59. The van der Waals surface area contributed by atoms with Gasteiger partial charge in [0, 0.05) is 17.2 Å². The Bertz CT molecular complexity index is 1140. The van der Waals surface area contributed by atoms with Gasteiger partial charge in [0.2, 0.25) is 0 Å². The van der Waals surface area contributed by atoms with Crippen molar-refractivity contribution < 1.29 is 14.0 Å². The van der Waals surface area contributed by atoms with Crippen molar-refractivity contribution in [2.24, 2.45) is 5.16 Å². The van der Waals surface area contributed by atoms with Crippen LogP contribution in [0.2, 0.25) is 0 Å². The van der Waals surface area contributed by atoms with E-state index in [9.17, 15) is 9.59 Å². The van der Waals surface area contributed by atoms with Crippen LogP contribution in [-0.2, 0) is 15.0 Å². The van der Waals surface area contributed by atoms with E-state index in [4.69, 9.17) is 4.42 Å². The zero-order chi connectivity index (χ0) is 21.2. The third-order valence-electron chi connectivity index (χ3n) is 4.34. The van der Waals surface area contributed by atoms with Crippen LogP contribution in [-0.4, -0.2) is 11.7 Å². The van der Waals surface area contributed by atoms with Crippen molar-refractivity contribution in [1.82, 2.24) is 0 Å². The summed E-state index contributed by atoms with van der Waals surface area (Å²) < 4.78 is 5.69. The highest BCUT2D eigenvalue weighted by molar-refractivity contribution is 7.99. The zero-order valence-electron chi connectivity index (χ0n) is 17.1. The van der Waals surface area contributed by atoms with Gasteiger partial charge in [-0.1, -0.05) is 55.9 Å². The molecule has 150 valence electrons. The molecule has 0 saturated carbocycles. The summed E-state index contributed by atoms with van der Waals surface area (Å²) in [6, 6.07) is 15.8. The summed E-state index contributed by atoms with van der Waals surface area (Å²) in [4.78, 5) is 30.2. The Balaban J connectivity index is 2.20. The molecular weight excluding hydrogens is 386 g/mol. The summed E-state index contributed by atoms with van der Waals surface area (Å²) in [6.45, 7) is 9.27. The van der Waals surface area contributed by atoms with Crippen LogP contribution < -0.4 is 5.63 Å². The number of carbonyl (C=O) groups excluding carboxylic acids is 1. The summed E-state index contributed by atoms with van der Waals surface area (Å²) in [6.07, 6.45) is 0. The van der Waals surface area contributed by atoms with E-state index in [1.807, 2.05) is 36.4 Å². The molecule has 0 unspecified atom stereocenters. The maximum Gasteiger partial charge on any atom is 0.345 e. The first-order valence-corrected chi connectivity index (χ1v) is 10.0. The van der Waals surface area contributed by atoms with Gasteiger partial charge < -0.3 is 9.25 Å². The van der Waals surface area contributed by atoms with Gasteiger partial charge in [0.05, 0.1) is 16.2 Å². The molecule has 6 heteroatoms. The van der Waals surface area contributed by atoms with Gasteiger partial charge in [-0.2, -0.15) is 0 Å². The minimum atomic E-state index is -0.550. The number of oxime groups is 1. The normalized spacial score (nSPS) is 12.2. The fraction of sp³-hybridized carbons (Fsp3) is 0.261. The van der Waals surface area contributed by atoms with E-state index in [1.165, 1.54) is 6.92 Å². The Labute approximate surface area is 173 Å². The van der Waals surface area contributed by atoms with Gasteiger partial charge in [-0.3, -0.25) is 0 Å². The molecule has 5 nitrogen and oxygen atoms in total. The minimum Gasteiger partial charge on any atom is -0.421 e. The van der Waals surface area contributed by atoms with E-state index in [-0.39, 0.29) is 16.7 Å². The molecule has 0 aliphatic carbocycles. The number of benzene rings is 2. The van der Waals surface area contributed by atoms with Gasteiger partial charge in [0.25, 0.3) is 0 Å². The first-order chi connectivity index (χ1) is 13.6. The van der Waals surface area contributed by atoms with Crippen molar-refractivity contribution in [3.63, 3.8) is 0 Å². The first kappa shape index (κ1) is 20.9. The fourth-order valence-electron chi connectivity index (χ4n) is 2.76. The van der Waals surface area contributed by atoms with Crippen LogP contribution in [0.25, 0.3) is 11.0 Å². The van der Waals surface area contributed by atoms with Gasteiger partial charge in [-0.05, 0) is 48.2 Å². The molecule has 29 heavy (non-hydrogen) atoms. The molecule has 0 N–H and O–H groups in total. The molecule has 0 radical (unpaired) electrons. The lowest BCUT2D eigenvalue weighted by atomic mass is 9.86. The monoisotopic (exact) mass is 409 g/mol. The molecule has 0 spiro atoms. The predicted molar refractivity (Wildman–Crippen MR) is 116 cm³/mol. The van der Waals surface area contributed by atoms with Crippen molar-refractivity contribution >= 4 is 34.4 Å². The van der Waals surface area contributed by atoms with Crippen LogP contribution in [0.1, 0.15) is 45.7 Å². The molecule has 2 aromatic carbocycles. The first-order valence-electron chi connectivity index (χ1n) is 9.23. The number of hydrogen-bond donors (Lipinski definition) is 0. The number of carbonyl (C=O) groups is 1. The smallest absolute Gasteiger partial charge is 0.345 e. The second-order valence-electron chi connectivity index (χ2n) is 7.76. The highest BCUT2D eigenvalue weighted by Gasteiger charge is 2.19. The highest BCUT2D eigenvalue weighted by atomic mass is 32.2. The Morgan fingerprint density at radius 2 is 1.76 bits per heavy atom. The van der Waals surface area contributed by atoms with Gasteiger partial charge >= 0.3 is 11.6 Å². The average molecular weight is 410 g/mol. The van der Waals surface area contributed by atoms with Gasteiger partial charge in [-0.15, -0.1) is 0 Å². The van der Waals surface area contributed by atoms with E-state index in [2.05, 4.69) is 36.8 Å². The van der Waals surface area contributed by atoms with E-state index < -0.39 is 11.6 Å². The summed E-state index contributed by atoms with van der Waals surface area (Å²) in [5.74, 6) is -0.550. The predicted octanol–water partition coefficient (Wildman–Crippen LogP) is 5.53. The Morgan fingerprint density at radius 1 is 1.07 bits per heavy atom. The molecule has 1 aromatic heterocycles. The zero-order valence-corrected chi connectivity index (χ0v) is 17.9. The quantitative estimate of drug-likeness (QED) is 0.245. The van der Waals surface area contributed by atoms with E-state index >= 15 is 0 Å². The molecule has 0 saturated heterocycles. The SMILES string of the molecule is CC(=O)O/N=C(\C)c1cc2cc(C(C)(C)C)cc(Sc3ccccc3)c2oc1=O. The standard InChI is InChI=1S/C23H23NO4S/c1-14(24-28-15(2)25)19-12-16-11-17(23(3,4)5)13-20(21(16)27-22(19)26)29-18-9-7-6-8-10-18/h6-13H,1-5H3/b24-14+. The van der Waals surface area contributed by atoms with Crippen LogP contribution >= 0.6 is 11.8 Å². The summed E-state index contributed by atoms with van der Waals surface area (Å²) in [5, 5.41) is 4.52. The van der Waals surface area contributed by atoms with Crippen LogP contribution in [0.4, 0.5) is 0 Å². The molecule has 0 atom stereocenters. The second kappa shape index (κ2) is 8.25. The molecule has 0 amide bonds. The maximum atomic E-state index is 12.6. The van der Waals surface area contributed by atoms with Gasteiger partial charge in [-0.25, -0.2) is 9.59 Å². The maximum absolute atomic E-state index is 12.6. The average Bonchev–Trinajstić information content (AvgIpc) is 2.66. The third kappa shape index (κ3) is 4.95. The molecular formula is C23H23NO4S. The fourth-order valence-corrected chi connectivity index (χ4v) is 3.75. The van der Waals surface area contributed by atoms with Crippen LogP contribution in [0.3, 0.4) is 0 Å².